The van der Waals surface area contributed by atoms with Crippen molar-refractivity contribution >= 4 is 23.2 Å². The lowest BCUT2D eigenvalue weighted by atomic mass is 10.1. The first-order valence-electron chi connectivity index (χ1n) is 7.62. The average molecular weight is 310 g/mol. The van der Waals surface area contributed by atoms with Crippen molar-refractivity contribution in [3.63, 3.8) is 0 Å². The van der Waals surface area contributed by atoms with E-state index < -0.39 is 6.10 Å². The lowest BCUT2D eigenvalue weighted by molar-refractivity contribution is -0.124. The molecule has 0 radical (unpaired) electrons. The molecule has 5 nitrogen and oxygen atoms in total. The molecule has 0 saturated carbocycles. The molecular weight excluding hydrogens is 292 g/mol. The summed E-state index contributed by atoms with van der Waals surface area (Å²) in [6, 6.07) is 16.1. The van der Waals surface area contributed by atoms with E-state index in [0.717, 1.165) is 6.42 Å². The van der Waals surface area contributed by atoms with Crippen molar-refractivity contribution in [1.82, 2.24) is 0 Å². The molecule has 0 aliphatic carbocycles. The number of hydrogen-bond acceptors (Lipinski definition) is 3. The summed E-state index contributed by atoms with van der Waals surface area (Å²) in [6.07, 6.45) is 1.17. The summed E-state index contributed by atoms with van der Waals surface area (Å²) < 4.78 is 5.37. The molecule has 1 aliphatic rings. The number of benzene rings is 2. The van der Waals surface area contributed by atoms with Gasteiger partial charge in [0.2, 0.25) is 0 Å². The Morgan fingerprint density at radius 2 is 1.70 bits per heavy atom. The minimum absolute atomic E-state index is 0.206. The third-order valence-electron chi connectivity index (χ3n) is 3.68. The standard InChI is InChI=1S/C18H18N2O3/c21-17(19-13-7-2-1-3-8-13)14-9-4-5-10-15(14)20-18(22)16-11-6-12-23-16/h1-5,7-10,16H,6,11-12H2,(H,19,21)(H,20,22). The highest BCUT2D eigenvalue weighted by Crippen LogP contribution is 2.20. The van der Waals surface area contributed by atoms with E-state index in [0.29, 0.717) is 30.0 Å². The van der Waals surface area contributed by atoms with Crippen molar-refractivity contribution < 1.29 is 14.3 Å². The van der Waals surface area contributed by atoms with Gasteiger partial charge in [-0.15, -0.1) is 0 Å². The Hall–Kier alpha value is -2.66. The molecule has 23 heavy (non-hydrogen) atoms. The van der Waals surface area contributed by atoms with Gasteiger partial charge in [-0.25, -0.2) is 0 Å². The SMILES string of the molecule is O=C(Nc1ccccc1)c1ccccc1NC(=O)C1CCCO1. The van der Waals surface area contributed by atoms with Crippen molar-refractivity contribution in [2.45, 2.75) is 18.9 Å². The molecule has 3 rings (SSSR count). The Morgan fingerprint density at radius 3 is 2.43 bits per heavy atom. The van der Waals surface area contributed by atoms with Gasteiger partial charge >= 0.3 is 0 Å². The largest absolute Gasteiger partial charge is 0.368 e. The third kappa shape index (κ3) is 3.76. The Balaban J connectivity index is 1.74. The van der Waals surface area contributed by atoms with Crippen molar-refractivity contribution in [3.8, 4) is 0 Å². The number of rotatable bonds is 4. The molecule has 1 saturated heterocycles. The maximum Gasteiger partial charge on any atom is 0.257 e. The first kappa shape index (κ1) is 15.2. The minimum Gasteiger partial charge on any atom is -0.368 e. The number of anilines is 2. The molecule has 118 valence electrons. The van der Waals surface area contributed by atoms with Crippen LogP contribution in [0, 0.1) is 0 Å². The smallest absolute Gasteiger partial charge is 0.257 e. The highest BCUT2D eigenvalue weighted by Gasteiger charge is 2.24. The fourth-order valence-electron chi connectivity index (χ4n) is 2.51. The van der Waals surface area contributed by atoms with Gasteiger partial charge in [-0.2, -0.15) is 0 Å². The molecule has 1 heterocycles. The predicted molar refractivity (Wildman–Crippen MR) is 88.4 cm³/mol. The number of hydrogen-bond donors (Lipinski definition) is 2. The highest BCUT2D eigenvalue weighted by atomic mass is 16.5. The second-order valence-electron chi connectivity index (χ2n) is 5.36. The van der Waals surface area contributed by atoms with Crippen LogP contribution in [-0.4, -0.2) is 24.5 Å². The van der Waals surface area contributed by atoms with E-state index >= 15 is 0 Å². The number of carbonyl (C=O) groups is 2. The summed E-state index contributed by atoms with van der Waals surface area (Å²) in [5, 5.41) is 5.61. The summed E-state index contributed by atoms with van der Waals surface area (Å²) >= 11 is 0. The Bertz CT molecular complexity index is 694. The van der Waals surface area contributed by atoms with Crippen molar-refractivity contribution in [1.29, 1.82) is 0 Å². The zero-order valence-corrected chi connectivity index (χ0v) is 12.6. The normalized spacial score (nSPS) is 16.8. The van der Waals surface area contributed by atoms with Crippen molar-refractivity contribution in [3.05, 3.63) is 60.2 Å². The molecule has 1 atom stereocenters. The minimum atomic E-state index is -0.430. The number of para-hydroxylation sites is 2. The first-order valence-corrected chi connectivity index (χ1v) is 7.62. The van der Waals surface area contributed by atoms with E-state index in [1.165, 1.54) is 0 Å². The molecule has 1 aliphatic heterocycles. The second-order valence-corrected chi connectivity index (χ2v) is 5.36. The van der Waals surface area contributed by atoms with Crippen LogP contribution < -0.4 is 10.6 Å². The summed E-state index contributed by atoms with van der Waals surface area (Å²) in [5.41, 5.74) is 1.61. The van der Waals surface area contributed by atoms with Crippen LogP contribution in [0.5, 0.6) is 0 Å². The van der Waals surface area contributed by atoms with E-state index in [2.05, 4.69) is 10.6 Å². The van der Waals surface area contributed by atoms with Gasteiger partial charge in [-0.1, -0.05) is 30.3 Å². The third-order valence-corrected chi connectivity index (χ3v) is 3.68. The molecule has 0 aromatic heterocycles. The summed E-state index contributed by atoms with van der Waals surface area (Å²) in [4.78, 5) is 24.6. The zero-order chi connectivity index (χ0) is 16.1. The van der Waals surface area contributed by atoms with Gasteiger partial charge in [0, 0.05) is 12.3 Å². The van der Waals surface area contributed by atoms with Crippen LogP contribution in [-0.2, 0) is 9.53 Å². The van der Waals surface area contributed by atoms with Gasteiger partial charge in [0.15, 0.2) is 0 Å². The zero-order valence-electron chi connectivity index (χ0n) is 12.6. The maximum absolute atomic E-state index is 12.4. The van der Waals surface area contributed by atoms with Crippen LogP contribution in [0.25, 0.3) is 0 Å². The van der Waals surface area contributed by atoms with Gasteiger partial charge in [-0.3, -0.25) is 9.59 Å². The lowest BCUT2D eigenvalue weighted by Crippen LogP contribution is -2.28. The number of carbonyl (C=O) groups excluding carboxylic acids is 2. The molecule has 2 amide bonds. The molecule has 2 N–H and O–H groups in total. The maximum atomic E-state index is 12.4. The van der Waals surface area contributed by atoms with Crippen LogP contribution in [0.4, 0.5) is 11.4 Å². The van der Waals surface area contributed by atoms with E-state index in [-0.39, 0.29) is 11.8 Å². The fourth-order valence-corrected chi connectivity index (χ4v) is 2.51. The quantitative estimate of drug-likeness (QED) is 0.912. The molecule has 0 spiro atoms. The second kappa shape index (κ2) is 7.07. The molecule has 5 heteroatoms. The van der Waals surface area contributed by atoms with Gasteiger partial charge in [0.05, 0.1) is 11.3 Å². The lowest BCUT2D eigenvalue weighted by Gasteiger charge is -2.14. The monoisotopic (exact) mass is 310 g/mol. The van der Waals surface area contributed by atoms with Crippen LogP contribution >= 0.6 is 0 Å². The first-order chi connectivity index (χ1) is 11.2. The molecule has 0 bridgehead atoms. The van der Waals surface area contributed by atoms with Crippen LogP contribution in [0.15, 0.2) is 54.6 Å². The van der Waals surface area contributed by atoms with Crippen LogP contribution in [0.1, 0.15) is 23.2 Å². The topological polar surface area (TPSA) is 67.4 Å². The Kier molecular flexibility index (Phi) is 4.68. The molecular formula is C18H18N2O3. The van der Waals surface area contributed by atoms with Crippen molar-refractivity contribution in [2.24, 2.45) is 0 Å². The van der Waals surface area contributed by atoms with E-state index in [9.17, 15) is 9.59 Å². The Morgan fingerprint density at radius 1 is 0.957 bits per heavy atom. The van der Waals surface area contributed by atoms with E-state index in [1.54, 1.807) is 24.3 Å². The Labute approximate surface area is 134 Å². The summed E-state index contributed by atoms with van der Waals surface area (Å²) in [7, 11) is 0. The number of amides is 2. The summed E-state index contributed by atoms with van der Waals surface area (Å²) in [5.74, 6) is -0.470. The molecule has 1 fully saturated rings. The van der Waals surface area contributed by atoms with Gasteiger partial charge in [0.1, 0.15) is 6.10 Å². The van der Waals surface area contributed by atoms with Gasteiger partial charge in [0.25, 0.3) is 11.8 Å². The van der Waals surface area contributed by atoms with Crippen LogP contribution in [0.3, 0.4) is 0 Å². The fraction of sp³-hybridized carbons (Fsp3) is 0.222. The predicted octanol–water partition coefficient (Wildman–Crippen LogP) is 3.06. The van der Waals surface area contributed by atoms with E-state index in [1.807, 2.05) is 30.3 Å². The molecule has 1 unspecified atom stereocenters. The number of nitrogens with one attached hydrogen (secondary N) is 2. The van der Waals surface area contributed by atoms with Crippen LogP contribution in [0.2, 0.25) is 0 Å². The number of ether oxygens (including phenoxy) is 1. The van der Waals surface area contributed by atoms with Gasteiger partial charge in [-0.05, 0) is 37.1 Å². The van der Waals surface area contributed by atoms with Crippen molar-refractivity contribution in [2.75, 3.05) is 17.2 Å². The van der Waals surface area contributed by atoms with Gasteiger partial charge < -0.3 is 15.4 Å². The molecule has 2 aromatic rings. The average Bonchev–Trinajstić information content (AvgIpc) is 3.11. The van der Waals surface area contributed by atoms with E-state index in [4.69, 9.17) is 4.74 Å². The highest BCUT2D eigenvalue weighted by molar-refractivity contribution is 6.10. The molecule has 2 aromatic carbocycles. The summed E-state index contributed by atoms with van der Waals surface area (Å²) in [6.45, 7) is 0.605.